The van der Waals surface area contributed by atoms with Gasteiger partial charge < -0.3 is 34.4 Å². The van der Waals surface area contributed by atoms with Crippen LogP contribution in [-0.2, 0) is 19.0 Å². The van der Waals surface area contributed by atoms with E-state index in [9.17, 15) is 33.3 Å². The zero-order valence-electron chi connectivity index (χ0n) is 22.4. The topological polar surface area (TPSA) is 139 Å². The van der Waals surface area contributed by atoms with Crippen LogP contribution in [0.3, 0.4) is 0 Å². The van der Waals surface area contributed by atoms with E-state index in [-0.39, 0.29) is 24.5 Å². The molecule has 0 bridgehead atoms. The molecule has 0 spiro atoms. The van der Waals surface area contributed by atoms with Crippen LogP contribution < -0.4 is 4.90 Å². The smallest absolute Gasteiger partial charge is 0.259 e. The third-order valence-electron chi connectivity index (χ3n) is 7.37. The normalized spacial score (nSPS) is 27.8. The van der Waals surface area contributed by atoms with Gasteiger partial charge in [-0.2, -0.15) is 0 Å². The average molecular weight is 657 g/mol. The number of hydrogen-bond donors (Lipinski definition) is 3. The van der Waals surface area contributed by atoms with Crippen molar-refractivity contribution in [2.45, 2.75) is 49.5 Å². The fraction of sp³-hybridized carbons (Fsp3) is 0.444. The number of halogens is 4. The molecule has 2 aliphatic rings. The molecular weight excluding hydrogens is 629 g/mol. The van der Waals surface area contributed by atoms with E-state index in [0.717, 1.165) is 22.4 Å². The van der Waals surface area contributed by atoms with Gasteiger partial charge in [0, 0.05) is 22.8 Å². The Kier molecular flexibility index (Phi) is 8.99. The van der Waals surface area contributed by atoms with E-state index < -0.39 is 72.6 Å². The van der Waals surface area contributed by atoms with E-state index >= 15 is 0 Å². The number of carbonyl (C=O) groups is 1. The van der Waals surface area contributed by atoms with Crippen molar-refractivity contribution in [2.75, 3.05) is 31.8 Å². The summed E-state index contributed by atoms with van der Waals surface area (Å²) in [6.07, 6.45) is -5.16. The second-order valence-electron chi connectivity index (χ2n) is 10.2. The molecule has 5 unspecified atom stereocenters. The molecule has 0 saturated carbocycles. The Hall–Kier alpha value is -2.92. The monoisotopic (exact) mass is 656 g/mol. The van der Waals surface area contributed by atoms with Crippen molar-refractivity contribution in [3.63, 3.8) is 0 Å². The summed E-state index contributed by atoms with van der Waals surface area (Å²) in [6, 6.07) is 4.82. The molecule has 226 valence electrons. The first-order chi connectivity index (χ1) is 20.0. The summed E-state index contributed by atoms with van der Waals surface area (Å²) in [5.74, 6) is -5.13. The highest BCUT2D eigenvalue weighted by Gasteiger charge is 2.52. The maximum absolute atomic E-state index is 14.3. The molecule has 2 saturated heterocycles. The molecule has 11 nitrogen and oxygen atoms in total. The van der Waals surface area contributed by atoms with E-state index in [0.29, 0.717) is 10.2 Å². The molecule has 1 amide bonds. The Morgan fingerprint density at radius 3 is 2.48 bits per heavy atom. The van der Waals surface area contributed by atoms with Gasteiger partial charge in [0.05, 0.1) is 32.1 Å². The van der Waals surface area contributed by atoms with Crippen molar-refractivity contribution in [2.24, 2.45) is 0 Å². The second-order valence-corrected chi connectivity index (χ2v) is 11.1. The number of hydrogen-bond acceptors (Lipinski definition) is 9. The van der Waals surface area contributed by atoms with Crippen LogP contribution in [0.15, 0.2) is 41.0 Å². The summed E-state index contributed by atoms with van der Waals surface area (Å²) in [5.41, 5.74) is 1.09. The summed E-state index contributed by atoms with van der Waals surface area (Å²) in [4.78, 5) is 15.7. The van der Waals surface area contributed by atoms with Gasteiger partial charge >= 0.3 is 0 Å². The van der Waals surface area contributed by atoms with Crippen molar-refractivity contribution in [1.29, 1.82) is 0 Å². The Morgan fingerprint density at radius 1 is 1.17 bits per heavy atom. The molecule has 0 radical (unpaired) electrons. The molecule has 2 aromatic carbocycles. The number of anilines is 1. The maximum Gasteiger partial charge on any atom is 0.259 e. The van der Waals surface area contributed by atoms with Crippen LogP contribution in [0.4, 0.5) is 18.9 Å². The zero-order chi connectivity index (χ0) is 30.3. The number of aromatic nitrogens is 3. The van der Waals surface area contributed by atoms with Crippen molar-refractivity contribution in [1.82, 2.24) is 15.0 Å². The first kappa shape index (κ1) is 30.5. The number of ether oxygens (including phenoxy) is 3. The fourth-order valence-electron chi connectivity index (χ4n) is 5.37. The van der Waals surface area contributed by atoms with E-state index in [1.807, 2.05) is 13.0 Å². The Balaban J connectivity index is 1.54. The molecule has 15 heteroatoms. The molecule has 7 atom stereocenters. The summed E-state index contributed by atoms with van der Waals surface area (Å²) < 4.78 is 60.1. The highest BCUT2D eigenvalue weighted by Crippen LogP contribution is 2.36. The van der Waals surface area contributed by atoms with Crippen molar-refractivity contribution in [3.05, 3.63) is 64.0 Å². The van der Waals surface area contributed by atoms with E-state index in [2.05, 4.69) is 26.2 Å². The zero-order valence-corrected chi connectivity index (χ0v) is 24.0. The van der Waals surface area contributed by atoms with Crippen molar-refractivity contribution in [3.8, 4) is 11.3 Å². The number of aliphatic hydroxyl groups is 3. The molecule has 3 aromatic rings. The molecule has 3 N–H and O–H groups in total. The predicted octanol–water partition coefficient (Wildman–Crippen LogP) is 1.90. The number of methoxy groups -OCH3 is 1. The average Bonchev–Trinajstić information content (AvgIpc) is 3.60. The Morgan fingerprint density at radius 2 is 1.88 bits per heavy atom. The summed E-state index contributed by atoms with van der Waals surface area (Å²) in [6.45, 7) is 1.20. The third kappa shape index (κ3) is 5.69. The van der Waals surface area contributed by atoms with Gasteiger partial charge in [0.25, 0.3) is 5.91 Å². The number of nitrogens with zero attached hydrogens (tertiary/aromatic N) is 4. The standard InChI is InChI=1S/C27H28BrF3N4O7/c1-12-3-14(28)7-15(4-12)35(19-10-41-11-20(19)37)27(39)26-25(40-2)23(24(38)21(9-36)42-26)34-8-18(32-33-34)13-5-16(29)22(31)17(30)6-13/h3-8,19-21,23-26,36-38H,9-11H2,1-2H3/t19-,20-,21?,23?,24?,25?,26?/m1/s1. The minimum atomic E-state index is -1.64. The highest BCUT2D eigenvalue weighted by atomic mass is 79.9. The van der Waals surface area contributed by atoms with Crippen LogP contribution in [0.1, 0.15) is 11.6 Å². The number of aryl methyl sites for hydroxylation is 1. The molecule has 2 aliphatic heterocycles. The van der Waals surface area contributed by atoms with Gasteiger partial charge in [-0.15, -0.1) is 5.10 Å². The van der Waals surface area contributed by atoms with Gasteiger partial charge in [-0.25, -0.2) is 17.9 Å². The van der Waals surface area contributed by atoms with Gasteiger partial charge in [0.2, 0.25) is 0 Å². The first-order valence-corrected chi connectivity index (χ1v) is 13.7. The van der Waals surface area contributed by atoms with Gasteiger partial charge in [0.15, 0.2) is 23.6 Å². The van der Waals surface area contributed by atoms with Crippen LogP contribution in [0.5, 0.6) is 0 Å². The molecule has 0 aliphatic carbocycles. The summed E-state index contributed by atoms with van der Waals surface area (Å²) in [5, 5.41) is 39.8. The lowest BCUT2D eigenvalue weighted by Crippen LogP contribution is -2.63. The van der Waals surface area contributed by atoms with E-state index in [4.69, 9.17) is 14.2 Å². The quantitative estimate of drug-likeness (QED) is 0.326. The van der Waals surface area contributed by atoms with Crippen LogP contribution >= 0.6 is 15.9 Å². The lowest BCUT2D eigenvalue weighted by atomic mass is 9.91. The van der Waals surface area contributed by atoms with Crippen LogP contribution in [-0.4, -0.2) is 99.7 Å². The van der Waals surface area contributed by atoms with Crippen molar-refractivity contribution < 1.29 is 47.5 Å². The molecule has 3 heterocycles. The van der Waals surface area contributed by atoms with Gasteiger partial charge in [-0.1, -0.05) is 21.1 Å². The highest BCUT2D eigenvalue weighted by molar-refractivity contribution is 9.10. The number of aliphatic hydroxyl groups excluding tert-OH is 3. The summed E-state index contributed by atoms with van der Waals surface area (Å²) in [7, 11) is 1.29. The number of benzene rings is 2. The molecule has 42 heavy (non-hydrogen) atoms. The molecule has 1 aromatic heterocycles. The van der Waals surface area contributed by atoms with E-state index in [1.54, 1.807) is 12.1 Å². The fourth-order valence-corrected chi connectivity index (χ4v) is 5.97. The maximum atomic E-state index is 14.3. The summed E-state index contributed by atoms with van der Waals surface area (Å²) >= 11 is 3.44. The van der Waals surface area contributed by atoms with E-state index in [1.165, 1.54) is 18.2 Å². The largest absolute Gasteiger partial charge is 0.394 e. The van der Waals surface area contributed by atoms with Crippen LogP contribution in [0, 0.1) is 24.4 Å². The number of amides is 1. The molecule has 2 fully saturated rings. The number of rotatable bonds is 7. The first-order valence-electron chi connectivity index (χ1n) is 12.9. The lowest BCUT2D eigenvalue weighted by Gasteiger charge is -2.45. The minimum Gasteiger partial charge on any atom is -0.394 e. The third-order valence-corrected chi connectivity index (χ3v) is 7.83. The minimum absolute atomic E-state index is 0.00751. The second kappa shape index (κ2) is 12.4. The molecule has 5 rings (SSSR count). The molecular formula is C27H28BrF3N4O7. The Labute approximate surface area is 246 Å². The van der Waals surface area contributed by atoms with Crippen LogP contribution in [0.25, 0.3) is 11.3 Å². The van der Waals surface area contributed by atoms with Gasteiger partial charge in [-0.05, 0) is 42.8 Å². The van der Waals surface area contributed by atoms with Gasteiger partial charge in [-0.3, -0.25) is 4.79 Å². The predicted molar refractivity (Wildman–Crippen MR) is 144 cm³/mol. The van der Waals surface area contributed by atoms with Crippen molar-refractivity contribution >= 4 is 27.5 Å². The number of carbonyl (C=O) groups excluding carboxylic acids is 1. The van der Waals surface area contributed by atoms with Gasteiger partial charge in [0.1, 0.15) is 36.2 Å². The van der Waals surface area contributed by atoms with Crippen LogP contribution in [0.2, 0.25) is 0 Å². The lowest BCUT2D eigenvalue weighted by molar-refractivity contribution is -0.211. The Bertz CT molecular complexity index is 1420. The SMILES string of the molecule is COC1C(C(=O)N(c2cc(C)cc(Br)c2)[C@@H]2COC[C@H]2O)OC(CO)C(O)C1n1cc(-c2cc(F)c(F)c(F)c2)nn1.